The molecule has 0 fully saturated rings. The number of anilines is 2. The molecule has 154 valence electrons. The molecular formula is C19H16BrCl3N2O4. The molecule has 2 rings (SSSR count). The topological polar surface area (TPSA) is 84.5 Å². The summed E-state index contributed by atoms with van der Waals surface area (Å²) in [5.74, 6) is -1.61. The molecule has 29 heavy (non-hydrogen) atoms. The van der Waals surface area contributed by atoms with E-state index in [-0.39, 0.29) is 17.9 Å². The fourth-order valence-corrected chi connectivity index (χ4v) is 3.28. The highest BCUT2D eigenvalue weighted by atomic mass is 79.9. The first-order valence-electron chi connectivity index (χ1n) is 8.31. The Morgan fingerprint density at radius 1 is 0.931 bits per heavy atom. The van der Waals surface area contributed by atoms with Crippen molar-refractivity contribution in [3.05, 3.63) is 55.4 Å². The van der Waals surface area contributed by atoms with Gasteiger partial charge in [0.15, 0.2) is 6.61 Å². The maximum absolute atomic E-state index is 12.0. The van der Waals surface area contributed by atoms with Crippen molar-refractivity contribution in [1.82, 2.24) is 0 Å². The third-order valence-corrected chi connectivity index (χ3v) is 5.41. The van der Waals surface area contributed by atoms with E-state index >= 15 is 0 Å². The first kappa shape index (κ1) is 23.5. The van der Waals surface area contributed by atoms with Gasteiger partial charge < -0.3 is 15.4 Å². The predicted octanol–water partition coefficient (Wildman–Crippen LogP) is 5.62. The van der Waals surface area contributed by atoms with Gasteiger partial charge in [0.1, 0.15) is 0 Å². The number of halogens is 4. The van der Waals surface area contributed by atoms with Crippen LogP contribution < -0.4 is 10.6 Å². The van der Waals surface area contributed by atoms with Crippen molar-refractivity contribution in [3.63, 3.8) is 0 Å². The number of hydrogen-bond acceptors (Lipinski definition) is 4. The van der Waals surface area contributed by atoms with Crippen LogP contribution in [0, 0.1) is 6.92 Å². The van der Waals surface area contributed by atoms with Crippen molar-refractivity contribution in [2.75, 3.05) is 17.2 Å². The summed E-state index contributed by atoms with van der Waals surface area (Å²) in [6.07, 6.45) is -0.311. The quantitative estimate of drug-likeness (QED) is 0.463. The number of carbonyl (C=O) groups excluding carboxylic acids is 3. The van der Waals surface area contributed by atoms with E-state index in [1.165, 1.54) is 6.07 Å². The molecule has 0 bridgehead atoms. The first-order chi connectivity index (χ1) is 13.7. The van der Waals surface area contributed by atoms with Crippen LogP contribution in [0.25, 0.3) is 0 Å². The summed E-state index contributed by atoms with van der Waals surface area (Å²) in [6.45, 7) is 1.32. The normalized spacial score (nSPS) is 10.4. The molecule has 0 radical (unpaired) electrons. The molecule has 0 unspecified atom stereocenters. The van der Waals surface area contributed by atoms with Crippen LogP contribution in [0.2, 0.25) is 15.1 Å². The number of aryl methyl sites for hydroxylation is 1. The Hall–Kier alpha value is -1.80. The number of carbonyl (C=O) groups is 3. The molecular weight excluding hydrogens is 506 g/mol. The van der Waals surface area contributed by atoms with Gasteiger partial charge in [-0.15, -0.1) is 0 Å². The number of benzene rings is 2. The average Bonchev–Trinajstić information content (AvgIpc) is 2.65. The van der Waals surface area contributed by atoms with Crippen LogP contribution in [-0.2, 0) is 19.1 Å². The van der Waals surface area contributed by atoms with Crippen molar-refractivity contribution in [3.8, 4) is 0 Å². The second-order valence-electron chi connectivity index (χ2n) is 5.96. The summed E-state index contributed by atoms with van der Waals surface area (Å²) in [6, 6.07) is 7.98. The lowest BCUT2D eigenvalue weighted by molar-refractivity contribution is -0.147. The molecule has 0 aliphatic heterocycles. The molecule has 0 aliphatic carbocycles. The number of nitrogens with one attached hydrogen (secondary N) is 2. The minimum Gasteiger partial charge on any atom is -0.456 e. The van der Waals surface area contributed by atoms with Crippen molar-refractivity contribution >= 4 is 79.9 Å². The Labute approximate surface area is 191 Å². The Morgan fingerprint density at radius 2 is 1.62 bits per heavy atom. The van der Waals surface area contributed by atoms with E-state index in [0.29, 0.717) is 25.9 Å². The van der Waals surface area contributed by atoms with Gasteiger partial charge in [-0.2, -0.15) is 0 Å². The third-order valence-electron chi connectivity index (χ3n) is 3.67. The fourth-order valence-electron chi connectivity index (χ4n) is 2.20. The standard InChI is InChI=1S/C19H16BrCl3N2O4/c1-10-6-12(20)13(22)8-16(10)25-18(27)9-29-19(28)5-4-17(26)24-15-3-2-11(21)7-14(15)23/h2-3,6-8H,4-5,9H2,1H3,(H,24,26)(H,25,27). The molecule has 0 atom stereocenters. The lowest BCUT2D eigenvalue weighted by Gasteiger charge is -2.10. The average molecular weight is 523 g/mol. The van der Waals surface area contributed by atoms with Crippen molar-refractivity contribution in [1.29, 1.82) is 0 Å². The van der Waals surface area contributed by atoms with E-state index in [1.807, 2.05) is 0 Å². The smallest absolute Gasteiger partial charge is 0.306 e. The lowest BCUT2D eigenvalue weighted by Crippen LogP contribution is -2.22. The van der Waals surface area contributed by atoms with Gasteiger partial charge in [-0.25, -0.2) is 0 Å². The van der Waals surface area contributed by atoms with Gasteiger partial charge >= 0.3 is 5.97 Å². The van der Waals surface area contributed by atoms with Gasteiger partial charge in [0.25, 0.3) is 5.91 Å². The minimum absolute atomic E-state index is 0.124. The minimum atomic E-state index is -0.678. The second-order valence-corrected chi connectivity index (χ2v) is 8.07. The molecule has 10 heteroatoms. The Morgan fingerprint density at radius 3 is 2.31 bits per heavy atom. The molecule has 0 aliphatic rings. The highest BCUT2D eigenvalue weighted by Gasteiger charge is 2.13. The molecule has 0 saturated heterocycles. The predicted molar refractivity (Wildman–Crippen MR) is 118 cm³/mol. The SMILES string of the molecule is Cc1cc(Br)c(Cl)cc1NC(=O)COC(=O)CCC(=O)Nc1ccc(Cl)cc1Cl. The van der Waals surface area contributed by atoms with Crippen LogP contribution in [0.1, 0.15) is 18.4 Å². The van der Waals surface area contributed by atoms with Crippen molar-refractivity contribution in [2.45, 2.75) is 19.8 Å². The van der Waals surface area contributed by atoms with Gasteiger partial charge in [-0.05, 0) is 58.7 Å². The van der Waals surface area contributed by atoms with Crippen molar-refractivity contribution < 1.29 is 19.1 Å². The zero-order chi connectivity index (χ0) is 21.6. The van der Waals surface area contributed by atoms with Gasteiger partial charge in [-0.1, -0.05) is 34.8 Å². The first-order valence-corrected chi connectivity index (χ1v) is 10.2. The van der Waals surface area contributed by atoms with Gasteiger partial charge in [-0.3, -0.25) is 14.4 Å². The molecule has 0 spiro atoms. The third kappa shape index (κ3) is 7.51. The van der Waals surface area contributed by atoms with Crippen LogP contribution in [0.3, 0.4) is 0 Å². The summed E-state index contributed by atoms with van der Waals surface area (Å²) in [5.41, 5.74) is 1.69. The summed E-state index contributed by atoms with van der Waals surface area (Å²) in [7, 11) is 0. The summed E-state index contributed by atoms with van der Waals surface area (Å²) in [4.78, 5) is 35.7. The van der Waals surface area contributed by atoms with Crippen molar-refractivity contribution in [2.24, 2.45) is 0 Å². The Kier molecular flexibility index (Phi) is 8.77. The molecule has 2 amide bonds. The molecule has 0 heterocycles. The van der Waals surface area contributed by atoms with E-state index in [4.69, 9.17) is 39.5 Å². The molecule has 2 N–H and O–H groups in total. The number of rotatable bonds is 7. The second kappa shape index (κ2) is 10.8. The zero-order valence-electron chi connectivity index (χ0n) is 15.2. The van der Waals surface area contributed by atoms with Gasteiger partial charge in [0, 0.05) is 21.6 Å². The molecule has 2 aromatic carbocycles. The van der Waals surface area contributed by atoms with E-state index in [0.717, 1.165) is 5.56 Å². The lowest BCUT2D eigenvalue weighted by atomic mass is 10.2. The number of hydrogen-bond donors (Lipinski definition) is 2. The Balaban J connectivity index is 1.75. The number of amides is 2. The van der Waals surface area contributed by atoms with E-state index in [2.05, 4.69) is 26.6 Å². The van der Waals surface area contributed by atoms with Gasteiger partial charge in [0.2, 0.25) is 5.91 Å². The van der Waals surface area contributed by atoms with Crippen LogP contribution in [0.5, 0.6) is 0 Å². The van der Waals surface area contributed by atoms with Crippen LogP contribution in [-0.4, -0.2) is 24.4 Å². The highest BCUT2D eigenvalue weighted by Crippen LogP contribution is 2.29. The highest BCUT2D eigenvalue weighted by molar-refractivity contribution is 9.10. The summed E-state index contributed by atoms with van der Waals surface area (Å²) in [5, 5.41) is 6.35. The maximum atomic E-state index is 12.0. The van der Waals surface area contributed by atoms with Crippen LogP contribution in [0.4, 0.5) is 11.4 Å². The Bertz CT molecular complexity index is 953. The molecule has 0 aromatic heterocycles. The maximum Gasteiger partial charge on any atom is 0.306 e. The van der Waals surface area contributed by atoms with Gasteiger partial charge in [0.05, 0.1) is 22.2 Å². The monoisotopic (exact) mass is 520 g/mol. The van der Waals surface area contributed by atoms with E-state index in [9.17, 15) is 14.4 Å². The van der Waals surface area contributed by atoms with E-state index in [1.54, 1.807) is 31.2 Å². The fraction of sp³-hybridized carbons (Fsp3) is 0.211. The van der Waals surface area contributed by atoms with E-state index < -0.39 is 24.4 Å². The largest absolute Gasteiger partial charge is 0.456 e. The zero-order valence-corrected chi connectivity index (χ0v) is 19.0. The molecule has 6 nitrogen and oxygen atoms in total. The summed E-state index contributed by atoms with van der Waals surface area (Å²) < 4.78 is 5.60. The van der Waals surface area contributed by atoms with Crippen LogP contribution in [0.15, 0.2) is 34.8 Å². The molecule has 0 saturated carbocycles. The molecule has 2 aromatic rings. The number of esters is 1. The summed E-state index contributed by atoms with van der Waals surface area (Å²) >= 11 is 21.1. The number of ether oxygens (including phenoxy) is 1. The van der Waals surface area contributed by atoms with Crippen LogP contribution >= 0.6 is 50.7 Å².